The first kappa shape index (κ1) is 26.9. The van der Waals surface area contributed by atoms with Gasteiger partial charge in [0.25, 0.3) is 0 Å². The van der Waals surface area contributed by atoms with Gasteiger partial charge >= 0.3 is 5.97 Å². The minimum Gasteiger partial charge on any atom is -0.459 e. The summed E-state index contributed by atoms with van der Waals surface area (Å²) in [7, 11) is 0. The molecule has 6 nitrogen and oxygen atoms in total. The lowest BCUT2D eigenvalue weighted by Crippen LogP contribution is -2.38. The van der Waals surface area contributed by atoms with Gasteiger partial charge in [-0.15, -0.1) is 0 Å². The Kier molecular flexibility index (Phi) is 8.57. The predicted molar refractivity (Wildman–Crippen MR) is 154 cm³/mol. The van der Waals surface area contributed by atoms with E-state index in [1.807, 2.05) is 62.4 Å². The van der Waals surface area contributed by atoms with Crippen molar-refractivity contribution >= 4 is 23.0 Å². The van der Waals surface area contributed by atoms with E-state index >= 15 is 0 Å². The first-order chi connectivity index (χ1) is 19.0. The number of hydrogen-bond acceptors (Lipinski definition) is 5. The molecule has 0 saturated carbocycles. The van der Waals surface area contributed by atoms with Crippen molar-refractivity contribution in [2.45, 2.75) is 45.8 Å². The third-order valence-electron chi connectivity index (χ3n) is 7.23. The molecule has 3 aromatic carbocycles. The van der Waals surface area contributed by atoms with Gasteiger partial charge in [0.2, 0.25) is 5.95 Å². The number of carbonyl (C=O) groups excluding carboxylic acids is 1. The van der Waals surface area contributed by atoms with E-state index in [2.05, 4.69) is 26.5 Å². The van der Waals surface area contributed by atoms with Gasteiger partial charge in [-0.2, -0.15) is 0 Å². The Balaban J connectivity index is 1.20. The first-order valence-corrected chi connectivity index (χ1v) is 13.9. The molecule has 0 unspecified atom stereocenters. The summed E-state index contributed by atoms with van der Waals surface area (Å²) in [6, 6.07) is 22.8. The van der Waals surface area contributed by atoms with Crippen LogP contribution in [0.1, 0.15) is 48.2 Å². The summed E-state index contributed by atoms with van der Waals surface area (Å²) in [6.45, 7) is 9.33. The summed E-state index contributed by atoms with van der Waals surface area (Å²) < 4.78 is 21.0. The van der Waals surface area contributed by atoms with Crippen LogP contribution < -0.4 is 4.90 Å². The van der Waals surface area contributed by atoms with E-state index in [-0.39, 0.29) is 17.9 Å². The van der Waals surface area contributed by atoms with Crippen molar-refractivity contribution in [3.8, 4) is 0 Å². The van der Waals surface area contributed by atoms with Gasteiger partial charge in [0.15, 0.2) is 0 Å². The van der Waals surface area contributed by atoms with Crippen LogP contribution in [-0.4, -0.2) is 59.2 Å². The number of aromatic nitrogens is 2. The van der Waals surface area contributed by atoms with Crippen molar-refractivity contribution < 1.29 is 13.9 Å². The summed E-state index contributed by atoms with van der Waals surface area (Å²) in [5, 5.41) is 0. The summed E-state index contributed by atoms with van der Waals surface area (Å²) in [6.07, 6.45) is 2.95. The molecule has 0 spiro atoms. The Morgan fingerprint density at radius 3 is 2.26 bits per heavy atom. The molecule has 204 valence electrons. The Morgan fingerprint density at radius 2 is 1.56 bits per heavy atom. The molecule has 2 heterocycles. The Labute approximate surface area is 230 Å². The molecule has 0 radical (unpaired) electrons. The molecule has 0 N–H and O–H groups in total. The van der Waals surface area contributed by atoms with Crippen molar-refractivity contribution in [2.75, 3.05) is 37.6 Å². The zero-order chi connectivity index (χ0) is 27.2. The van der Waals surface area contributed by atoms with Crippen LogP contribution in [0.3, 0.4) is 0 Å². The molecule has 0 aliphatic carbocycles. The van der Waals surface area contributed by atoms with Crippen LogP contribution in [-0.2, 0) is 17.7 Å². The number of imidazole rings is 1. The topological polar surface area (TPSA) is 50.6 Å². The number of halogens is 1. The van der Waals surface area contributed by atoms with Gasteiger partial charge in [-0.25, -0.2) is 14.2 Å². The SMILES string of the molecule is CC(C)OC(=O)c1ccc(CCN2CCCN(c3nc4ccccc4n3Cc3ccc(F)cc3)CCC2)cc1. The number of ether oxygens (including phenoxy) is 1. The standard InChI is InChI=1S/C32H37FN4O2/c1-24(2)39-31(38)27-13-9-25(10-14-27)17-22-35-18-5-20-36(21-6-19-35)32-34-29-7-3-4-8-30(29)37(32)23-26-11-15-28(33)16-12-26/h3-4,7-16,24H,5-6,17-23H2,1-2H3. The lowest BCUT2D eigenvalue weighted by Gasteiger charge is -2.31. The molecule has 5 rings (SSSR count). The van der Waals surface area contributed by atoms with Crippen LogP contribution in [0.15, 0.2) is 72.8 Å². The van der Waals surface area contributed by atoms with E-state index in [0.717, 1.165) is 74.5 Å². The van der Waals surface area contributed by atoms with Crippen molar-refractivity contribution in [2.24, 2.45) is 0 Å². The largest absolute Gasteiger partial charge is 0.459 e. The molecule has 1 aliphatic heterocycles. The van der Waals surface area contributed by atoms with Gasteiger partial charge in [-0.05, 0) is 93.7 Å². The Morgan fingerprint density at radius 1 is 0.897 bits per heavy atom. The van der Waals surface area contributed by atoms with Crippen LogP contribution in [0.2, 0.25) is 0 Å². The number of hydrogen-bond donors (Lipinski definition) is 0. The maximum Gasteiger partial charge on any atom is 0.338 e. The second kappa shape index (κ2) is 12.4. The van der Waals surface area contributed by atoms with Crippen LogP contribution in [0.4, 0.5) is 10.3 Å². The fourth-order valence-electron chi connectivity index (χ4n) is 5.23. The lowest BCUT2D eigenvalue weighted by molar-refractivity contribution is 0.0378. The number of para-hydroxylation sites is 2. The number of anilines is 1. The fraction of sp³-hybridized carbons (Fsp3) is 0.375. The van der Waals surface area contributed by atoms with Gasteiger partial charge in [0, 0.05) is 19.6 Å². The van der Waals surface area contributed by atoms with Gasteiger partial charge in [-0.3, -0.25) is 0 Å². The summed E-state index contributed by atoms with van der Waals surface area (Å²) in [5.41, 5.74) is 4.98. The second-order valence-electron chi connectivity index (χ2n) is 10.5. The third kappa shape index (κ3) is 6.84. The fourth-order valence-corrected chi connectivity index (χ4v) is 5.23. The Bertz CT molecular complexity index is 1370. The maximum atomic E-state index is 13.5. The first-order valence-electron chi connectivity index (χ1n) is 13.9. The van der Waals surface area contributed by atoms with Gasteiger partial charge < -0.3 is 19.1 Å². The van der Waals surface area contributed by atoms with Gasteiger partial charge in [0.1, 0.15) is 5.82 Å². The van der Waals surface area contributed by atoms with Gasteiger partial charge in [0.05, 0.1) is 29.2 Å². The Hall–Kier alpha value is -3.71. The highest BCUT2D eigenvalue weighted by atomic mass is 19.1. The van der Waals surface area contributed by atoms with Crippen molar-refractivity contribution in [1.82, 2.24) is 14.5 Å². The number of fused-ring (bicyclic) bond motifs is 1. The minimum absolute atomic E-state index is 0.117. The maximum absolute atomic E-state index is 13.5. The van der Waals surface area contributed by atoms with Crippen LogP contribution in [0.25, 0.3) is 11.0 Å². The van der Waals surface area contributed by atoms with E-state index < -0.39 is 0 Å². The molecule has 1 aromatic heterocycles. The molecule has 0 amide bonds. The van der Waals surface area contributed by atoms with E-state index in [0.29, 0.717) is 12.1 Å². The highest BCUT2D eigenvalue weighted by molar-refractivity contribution is 5.89. The number of nitrogens with zero attached hydrogens (tertiary/aromatic N) is 4. The molecule has 0 atom stereocenters. The average molecular weight is 529 g/mol. The van der Waals surface area contributed by atoms with Crippen molar-refractivity contribution in [3.63, 3.8) is 0 Å². The molecule has 0 bridgehead atoms. The van der Waals surface area contributed by atoms with E-state index in [9.17, 15) is 9.18 Å². The summed E-state index contributed by atoms with van der Waals surface area (Å²) in [4.78, 5) is 22.1. The average Bonchev–Trinajstić information content (AvgIpc) is 3.27. The lowest BCUT2D eigenvalue weighted by atomic mass is 10.1. The highest BCUT2D eigenvalue weighted by Gasteiger charge is 2.20. The molecule has 1 saturated heterocycles. The number of carbonyl (C=O) groups is 1. The van der Waals surface area contributed by atoms with Crippen molar-refractivity contribution in [1.29, 1.82) is 0 Å². The molecular formula is C32H37FN4O2. The summed E-state index contributed by atoms with van der Waals surface area (Å²) in [5.74, 6) is 0.507. The number of rotatable bonds is 8. The number of benzene rings is 3. The predicted octanol–water partition coefficient (Wildman–Crippen LogP) is 5.93. The zero-order valence-corrected chi connectivity index (χ0v) is 22.9. The smallest absolute Gasteiger partial charge is 0.338 e. The van der Waals surface area contributed by atoms with Crippen molar-refractivity contribution in [3.05, 3.63) is 95.3 Å². The molecular weight excluding hydrogens is 491 g/mol. The zero-order valence-electron chi connectivity index (χ0n) is 22.9. The highest BCUT2D eigenvalue weighted by Crippen LogP contribution is 2.25. The minimum atomic E-state index is -0.268. The molecule has 4 aromatic rings. The summed E-state index contributed by atoms with van der Waals surface area (Å²) >= 11 is 0. The van der Waals surface area contributed by atoms with Crippen LogP contribution in [0.5, 0.6) is 0 Å². The second-order valence-corrected chi connectivity index (χ2v) is 10.5. The third-order valence-corrected chi connectivity index (χ3v) is 7.23. The van der Waals surface area contributed by atoms with E-state index in [1.165, 1.54) is 17.7 Å². The molecule has 7 heteroatoms. The molecule has 39 heavy (non-hydrogen) atoms. The van der Waals surface area contributed by atoms with E-state index in [4.69, 9.17) is 9.72 Å². The van der Waals surface area contributed by atoms with Crippen LogP contribution >= 0.6 is 0 Å². The van der Waals surface area contributed by atoms with Gasteiger partial charge in [-0.1, -0.05) is 36.4 Å². The quantitative estimate of drug-likeness (QED) is 0.265. The monoisotopic (exact) mass is 528 g/mol. The molecule has 1 aliphatic rings. The molecule has 1 fully saturated rings. The van der Waals surface area contributed by atoms with E-state index in [1.54, 1.807) is 0 Å². The van der Waals surface area contributed by atoms with Crippen LogP contribution in [0, 0.1) is 5.82 Å². The normalized spacial score (nSPS) is 14.9. The number of esters is 1.